The highest BCUT2D eigenvalue weighted by atomic mass is 16.5. The normalized spacial score (nSPS) is 15.9. The molecule has 132 valence electrons. The van der Waals surface area contributed by atoms with Crippen LogP contribution in [0.25, 0.3) is 0 Å². The van der Waals surface area contributed by atoms with Crippen LogP contribution in [-0.4, -0.2) is 31.1 Å². The number of methoxy groups -OCH3 is 1. The summed E-state index contributed by atoms with van der Waals surface area (Å²) in [6.45, 7) is 5.07. The van der Waals surface area contributed by atoms with E-state index in [2.05, 4.69) is 18.0 Å². The number of hydrogen-bond acceptors (Lipinski definition) is 5. The zero-order valence-corrected chi connectivity index (χ0v) is 14.8. The molecule has 0 fully saturated rings. The standard InChI is InChI=1S/C20H23NO4/c1-4-24-18-9-15-8-13(2)25-19(15)10-16(18)12-21-11-14-6-5-7-17(23-3)20(14)22/h5-7,9-11,13,22H,4,8,12H2,1-3H3/t13-/m1/s1. The highest BCUT2D eigenvalue weighted by Gasteiger charge is 2.21. The van der Waals surface area contributed by atoms with Crippen LogP contribution in [0.4, 0.5) is 0 Å². The van der Waals surface area contributed by atoms with Gasteiger partial charge in [-0.05, 0) is 38.1 Å². The maximum Gasteiger partial charge on any atom is 0.166 e. The highest BCUT2D eigenvalue weighted by Crippen LogP contribution is 2.35. The van der Waals surface area contributed by atoms with Crippen LogP contribution in [0.2, 0.25) is 0 Å². The Bertz CT molecular complexity index is 786. The topological polar surface area (TPSA) is 60.3 Å². The van der Waals surface area contributed by atoms with Gasteiger partial charge in [-0.2, -0.15) is 0 Å². The molecule has 3 rings (SSSR count). The van der Waals surface area contributed by atoms with E-state index in [9.17, 15) is 5.11 Å². The molecule has 1 aliphatic rings. The number of rotatable bonds is 6. The number of hydrogen-bond donors (Lipinski definition) is 1. The second-order valence-corrected chi connectivity index (χ2v) is 6.00. The van der Waals surface area contributed by atoms with Gasteiger partial charge in [0.25, 0.3) is 0 Å². The summed E-state index contributed by atoms with van der Waals surface area (Å²) in [4.78, 5) is 4.46. The molecule has 0 aromatic heterocycles. The number of aromatic hydroxyl groups is 1. The fourth-order valence-corrected chi connectivity index (χ4v) is 2.95. The van der Waals surface area contributed by atoms with Crippen molar-refractivity contribution < 1.29 is 19.3 Å². The molecule has 1 heterocycles. The summed E-state index contributed by atoms with van der Waals surface area (Å²) >= 11 is 0. The number of phenols is 1. The van der Waals surface area contributed by atoms with Crippen LogP contribution in [0, 0.1) is 0 Å². The summed E-state index contributed by atoms with van der Waals surface area (Å²) < 4.78 is 16.7. The SMILES string of the molecule is CCOc1cc2c(cc1CN=Cc1cccc(OC)c1O)O[C@H](C)C2. The third kappa shape index (κ3) is 3.71. The Morgan fingerprint density at radius 2 is 2.16 bits per heavy atom. The van der Waals surface area contributed by atoms with E-state index in [0.29, 0.717) is 24.5 Å². The number of ether oxygens (including phenoxy) is 3. The lowest BCUT2D eigenvalue weighted by Crippen LogP contribution is -2.05. The molecule has 0 saturated heterocycles. The van der Waals surface area contributed by atoms with Crippen LogP contribution in [0.15, 0.2) is 35.3 Å². The van der Waals surface area contributed by atoms with Gasteiger partial charge in [0.2, 0.25) is 0 Å². The number of nitrogens with zero attached hydrogens (tertiary/aromatic N) is 1. The van der Waals surface area contributed by atoms with Crippen LogP contribution in [0.5, 0.6) is 23.0 Å². The molecule has 5 nitrogen and oxygen atoms in total. The lowest BCUT2D eigenvalue weighted by molar-refractivity contribution is 0.254. The van der Waals surface area contributed by atoms with Crippen LogP contribution in [0.3, 0.4) is 0 Å². The van der Waals surface area contributed by atoms with Crippen molar-refractivity contribution in [3.8, 4) is 23.0 Å². The van der Waals surface area contributed by atoms with Crippen molar-refractivity contribution in [2.75, 3.05) is 13.7 Å². The number of para-hydroxylation sites is 1. The Labute approximate surface area is 147 Å². The van der Waals surface area contributed by atoms with E-state index in [1.54, 1.807) is 18.3 Å². The predicted octanol–water partition coefficient (Wildman–Crippen LogP) is 3.74. The second-order valence-electron chi connectivity index (χ2n) is 6.00. The Balaban J connectivity index is 1.82. The van der Waals surface area contributed by atoms with Crippen molar-refractivity contribution in [3.63, 3.8) is 0 Å². The van der Waals surface area contributed by atoms with E-state index in [4.69, 9.17) is 14.2 Å². The number of aliphatic imine (C=N–C) groups is 1. The van der Waals surface area contributed by atoms with Crippen LogP contribution >= 0.6 is 0 Å². The summed E-state index contributed by atoms with van der Waals surface area (Å²) in [5.74, 6) is 2.26. The van der Waals surface area contributed by atoms with Crippen molar-refractivity contribution in [1.82, 2.24) is 0 Å². The van der Waals surface area contributed by atoms with Gasteiger partial charge in [-0.25, -0.2) is 0 Å². The minimum Gasteiger partial charge on any atom is -0.504 e. The number of fused-ring (bicyclic) bond motifs is 1. The molecule has 0 spiro atoms. The zero-order chi connectivity index (χ0) is 17.8. The first-order valence-electron chi connectivity index (χ1n) is 8.43. The maximum absolute atomic E-state index is 10.1. The van der Waals surface area contributed by atoms with Gasteiger partial charge in [-0.3, -0.25) is 4.99 Å². The molecule has 0 saturated carbocycles. The lowest BCUT2D eigenvalue weighted by Gasteiger charge is -2.11. The molecule has 1 N–H and O–H groups in total. The Hall–Kier alpha value is -2.69. The summed E-state index contributed by atoms with van der Waals surface area (Å²) in [6, 6.07) is 9.37. The molecular weight excluding hydrogens is 318 g/mol. The molecule has 0 bridgehead atoms. The van der Waals surface area contributed by atoms with Gasteiger partial charge in [0, 0.05) is 29.3 Å². The summed E-state index contributed by atoms with van der Waals surface area (Å²) in [5.41, 5.74) is 2.76. The lowest BCUT2D eigenvalue weighted by atomic mass is 10.1. The molecule has 25 heavy (non-hydrogen) atoms. The summed E-state index contributed by atoms with van der Waals surface area (Å²) in [7, 11) is 1.52. The first-order chi connectivity index (χ1) is 12.1. The minimum atomic E-state index is 0.0879. The minimum absolute atomic E-state index is 0.0879. The van der Waals surface area contributed by atoms with E-state index in [-0.39, 0.29) is 11.9 Å². The predicted molar refractivity (Wildman–Crippen MR) is 97.4 cm³/mol. The van der Waals surface area contributed by atoms with E-state index in [0.717, 1.165) is 23.5 Å². The third-order valence-electron chi connectivity index (χ3n) is 4.12. The third-order valence-corrected chi connectivity index (χ3v) is 4.12. The van der Waals surface area contributed by atoms with Gasteiger partial charge in [0.05, 0.1) is 20.3 Å². The number of phenolic OH excluding ortho intramolecular Hbond substituents is 1. The van der Waals surface area contributed by atoms with E-state index in [1.807, 2.05) is 19.1 Å². The molecular formula is C20H23NO4. The number of benzene rings is 2. The van der Waals surface area contributed by atoms with Gasteiger partial charge in [-0.1, -0.05) is 6.07 Å². The van der Waals surface area contributed by atoms with Gasteiger partial charge in [0.15, 0.2) is 11.5 Å². The average Bonchev–Trinajstić information content (AvgIpc) is 2.95. The average molecular weight is 341 g/mol. The van der Waals surface area contributed by atoms with Crippen molar-refractivity contribution in [2.45, 2.75) is 32.9 Å². The van der Waals surface area contributed by atoms with E-state index in [1.165, 1.54) is 12.7 Å². The van der Waals surface area contributed by atoms with E-state index >= 15 is 0 Å². The summed E-state index contributed by atoms with van der Waals surface area (Å²) in [6.07, 6.45) is 2.73. The Kier molecular flexibility index (Phi) is 5.12. The maximum atomic E-state index is 10.1. The van der Waals surface area contributed by atoms with Gasteiger partial charge >= 0.3 is 0 Å². The quantitative estimate of drug-likeness (QED) is 0.813. The molecule has 2 aromatic carbocycles. The summed E-state index contributed by atoms with van der Waals surface area (Å²) in [5, 5.41) is 10.1. The molecule has 1 atom stereocenters. The molecule has 1 aliphatic heterocycles. The van der Waals surface area contributed by atoms with Crippen LogP contribution in [-0.2, 0) is 13.0 Å². The first-order valence-corrected chi connectivity index (χ1v) is 8.43. The molecule has 5 heteroatoms. The Morgan fingerprint density at radius 3 is 2.92 bits per heavy atom. The first kappa shape index (κ1) is 17.1. The zero-order valence-electron chi connectivity index (χ0n) is 14.8. The Morgan fingerprint density at radius 1 is 1.32 bits per heavy atom. The molecule has 0 radical (unpaired) electrons. The largest absolute Gasteiger partial charge is 0.504 e. The van der Waals surface area contributed by atoms with Crippen molar-refractivity contribution >= 4 is 6.21 Å². The van der Waals surface area contributed by atoms with Crippen molar-refractivity contribution in [1.29, 1.82) is 0 Å². The fourth-order valence-electron chi connectivity index (χ4n) is 2.95. The van der Waals surface area contributed by atoms with Gasteiger partial charge in [0.1, 0.15) is 17.6 Å². The van der Waals surface area contributed by atoms with E-state index < -0.39 is 0 Å². The second kappa shape index (κ2) is 7.47. The smallest absolute Gasteiger partial charge is 0.166 e. The van der Waals surface area contributed by atoms with Crippen molar-refractivity contribution in [3.05, 3.63) is 47.0 Å². The fraction of sp³-hybridized carbons (Fsp3) is 0.350. The van der Waals surface area contributed by atoms with Crippen molar-refractivity contribution in [2.24, 2.45) is 4.99 Å². The molecule has 2 aromatic rings. The van der Waals surface area contributed by atoms with Gasteiger partial charge < -0.3 is 19.3 Å². The highest BCUT2D eigenvalue weighted by molar-refractivity contribution is 5.84. The van der Waals surface area contributed by atoms with Crippen LogP contribution < -0.4 is 14.2 Å². The molecule has 0 amide bonds. The van der Waals surface area contributed by atoms with Gasteiger partial charge in [-0.15, -0.1) is 0 Å². The molecule has 0 unspecified atom stereocenters. The van der Waals surface area contributed by atoms with Crippen LogP contribution in [0.1, 0.15) is 30.5 Å². The monoisotopic (exact) mass is 341 g/mol. The molecule has 0 aliphatic carbocycles.